The van der Waals surface area contributed by atoms with Gasteiger partial charge < -0.3 is 31.9 Å². The third kappa shape index (κ3) is 8.99. The topological polar surface area (TPSA) is 188 Å². The molecule has 5 unspecified atom stereocenters. The van der Waals surface area contributed by atoms with Crippen LogP contribution in [0.1, 0.15) is 40.5 Å². The van der Waals surface area contributed by atoms with Gasteiger partial charge in [0.1, 0.15) is 18.1 Å². The number of carbonyl (C=O) groups excluding carboxylic acids is 3. The summed E-state index contributed by atoms with van der Waals surface area (Å²) in [5.74, 6) is -5.75. The molecule has 0 saturated carbocycles. The Bertz CT molecular complexity index is 644. The number of hydrogen-bond donors (Lipinski definition) is 7. The third-order valence-electron chi connectivity index (χ3n) is 4.57. The summed E-state index contributed by atoms with van der Waals surface area (Å²) in [7, 11) is 0. The van der Waals surface area contributed by atoms with E-state index in [0.29, 0.717) is 6.42 Å². The molecule has 7 N–H and O–H groups in total. The first-order valence-electron chi connectivity index (χ1n) is 9.57. The van der Waals surface area contributed by atoms with Crippen LogP contribution in [0.2, 0.25) is 0 Å². The van der Waals surface area contributed by atoms with E-state index < -0.39 is 66.2 Å². The monoisotopic (exact) mass is 448 g/mol. The van der Waals surface area contributed by atoms with Gasteiger partial charge in [-0.1, -0.05) is 34.1 Å². The summed E-state index contributed by atoms with van der Waals surface area (Å²) >= 11 is 3.88. The van der Waals surface area contributed by atoms with Gasteiger partial charge in [0.2, 0.25) is 17.7 Å². The van der Waals surface area contributed by atoms with Crippen LogP contribution in [0, 0.1) is 11.8 Å². The Hall–Kier alpha value is -2.34. The molecule has 0 aliphatic rings. The Morgan fingerprint density at radius 1 is 0.900 bits per heavy atom. The van der Waals surface area contributed by atoms with Gasteiger partial charge in [0.25, 0.3) is 0 Å². The van der Waals surface area contributed by atoms with E-state index in [-0.39, 0.29) is 11.7 Å². The Balaban J connectivity index is 5.45. The molecule has 0 rings (SSSR count). The zero-order chi connectivity index (χ0) is 23.6. The largest absolute Gasteiger partial charge is 0.481 e. The first-order valence-corrected chi connectivity index (χ1v) is 10.2. The van der Waals surface area contributed by atoms with Gasteiger partial charge in [0, 0.05) is 5.75 Å². The molecule has 0 aromatic heterocycles. The van der Waals surface area contributed by atoms with Gasteiger partial charge >= 0.3 is 11.9 Å². The second kappa shape index (κ2) is 13.1. The number of nitrogens with two attached hydrogens (primary N) is 1. The molecule has 0 spiro atoms. The second-order valence-corrected chi connectivity index (χ2v) is 7.75. The minimum atomic E-state index is -1.47. The van der Waals surface area contributed by atoms with Gasteiger partial charge in [-0.3, -0.25) is 19.2 Å². The van der Waals surface area contributed by atoms with Crippen LogP contribution in [-0.2, 0) is 24.0 Å². The average molecular weight is 449 g/mol. The molecule has 5 atom stereocenters. The standard InChI is InChI=1S/C18H32N4O7S/c1-5-9(4)14(18(28)29)22-17(27)13(8(2)3)21-16(26)11(6-12(23)24)20-15(25)10(19)7-30/h8-11,13-14,30H,5-7,19H2,1-4H3,(H,20,25)(H,21,26)(H,22,27)(H,23,24)(H,28,29). The van der Waals surface area contributed by atoms with Gasteiger partial charge in [-0.15, -0.1) is 0 Å². The maximum Gasteiger partial charge on any atom is 0.326 e. The number of carboxylic acids is 2. The lowest BCUT2D eigenvalue weighted by atomic mass is 9.97. The van der Waals surface area contributed by atoms with Crippen molar-refractivity contribution in [1.29, 1.82) is 0 Å². The van der Waals surface area contributed by atoms with E-state index >= 15 is 0 Å². The molecule has 0 aromatic rings. The highest BCUT2D eigenvalue weighted by molar-refractivity contribution is 7.80. The van der Waals surface area contributed by atoms with Crippen LogP contribution in [0.3, 0.4) is 0 Å². The second-order valence-electron chi connectivity index (χ2n) is 7.39. The summed E-state index contributed by atoms with van der Waals surface area (Å²) in [6.07, 6.45) is -0.220. The lowest BCUT2D eigenvalue weighted by molar-refractivity contribution is -0.144. The summed E-state index contributed by atoms with van der Waals surface area (Å²) in [6.45, 7) is 6.71. The van der Waals surface area contributed by atoms with Gasteiger partial charge in [0.15, 0.2) is 0 Å². The van der Waals surface area contributed by atoms with Crippen molar-refractivity contribution >= 4 is 42.3 Å². The molecular formula is C18H32N4O7S. The molecule has 11 nitrogen and oxygen atoms in total. The fraction of sp³-hybridized carbons (Fsp3) is 0.722. The molecule has 0 aromatic carbocycles. The first-order chi connectivity index (χ1) is 13.8. The summed E-state index contributed by atoms with van der Waals surface area (Å²) in [6, 6.07) is -4.81. The van der Waals surface area contributed by atoms with Gasteiger partial charge in [-0.2, -0.15) is 12.6 Å². The highest BCUT2D eigenvalue weighted by atomic mass is 32.1. The Morgan fingerprint density at radius 3 is 1.83 bits per heavy atom. The van der Waals surface area contributed by atoms with Gasteiger partial charge in [-0.25, -0.2) is 4.79 Å². The van der Waals surface area contributed by atoms with E-state index in [0.717, 1.165) is 0 Å². The predicted octanol–water partition coefficient (Wildman–Crippen LogP) is -1.04. The van der Waals surface area contributed by atoms with Crippen LogP contribution in [0.15, 0.2) is 0 Å². The number of carboxylic acid groups (broad SMARTS) is 2. The van der Waals surface area contributed by atoms with Crippen molar-refractivity contribution in [2.45, 2.75) is 64.7 Å². The lowest BCUT2D eigenvalue weighted by Crippen LogP contribution is -2.59. The van der Waals surface area contributed by atoms with Crippen LogP contribution < -0.4 is 21.7 Å². The molecule has 0 saturated heterocycles. The van der Waals surface area contributed by atoms with E-state index in [1.54, 1.807) is 27.7 Å². The molecule has 0 aliphatic heterocycles. The van der Waals surface area contributed by atoms with Crippen molar-refractivity contribution < 1.29 is 34.2 Å². The Kier molecular flexibility index (Phi) is 12.0. The molecule has 0 heterocycles. The number of amides is 3. The van der Waals surface area contributed by atoms with Crippen LogP contribution in [0.4, 0.5) is 0 Å². The minimum absolute atomic E-state index is 0.0174. The normalized spacial score (nSPS) is 16.0. The number of aliphatic carboxylic acids is 2. The summed E-state index contributed by atoms with van der Waals surface area (Å²) in [4.78, 5) is 59.8. The Morgan fingerprint density at radius 2 is 1.43 bits per heavy atom. The number of thiol groups is 1. The van der Waals surface area contributed by atoms with Crippen LogP contribution in [-0.4, -0.2) is 69.8 Å². The van der Waals surface area contributed by atoms with Crippen LogP contribution in [0.5, 0.6) is 0 Å². The predicted molar refractivity (Wildman–Crippen MR) is 112 cm³/mol. The van der Waals surface area contributed by atoms with Crippen LogP contribution in [0.25, 0.3) is 0 Å². The van der Waals surface area contributed by atoms with Crippen molar-refractivity contribution in [3.05, 3.63) is 0 Å². The molecule has 0 aliphatic carbocycles. The maximum absolute atomic E-state index is 12.7. The zero-order valence-electron chi connectivity index (χ0n) is 17.5. The van der Waals surface area contributed by atoms with Crippen molar-refractivity contribution in [3.63, 3.8) is 0 Å². The Labute approximate surface area is 180 Å². The molecule has 172 valence electrons. The minimum Gasteiger partial charge on any atom is -0.481 e. The molecule has 0 radical (unpaired) electrons. The molecule has 12 heteroatoms. The zero-order valence-corrected chi connectivity index (χ0v) is 18.4. The summed E-state index contributed by atoms with van der Waals surface area (Å²) in [5.41, 5.74) is 5.53. The van der Waals surface area contributed by atoms with E-state index in [2.05, 4.69) is 28.6 Å². The number of rotatable bonds is 13. The molecular weight excluding hydrogens is 416 g/mol. The van der Waals surface area contributed by atoms with Crippen molar-refractivity contribution in [2.75, 3.05) is 5.75 Å². The quantitative estimate of drug-likeness (QED) is 0.174. The van der Waals surface area contributed by atoms with E-state index in [1.807, 2.05) is 0 Å². The van der Waals surface area contributed by atoms with E-state index in [9.17, 15) is 29.1 Å². The van der Waals surface area contributed by atoms with E-state index in [4.69, 9.17) is 10.8 Å². The number of carbonyl (C=O) groups is 5. The smallest absolute Gasteiger partial charge is 0.326 e. The van der Waals surface area contributed by atoms with Crippen molar-refractivity contribution in [1.82, 2.24) is 16.0 Å². The molecule has 0 fully saturated rings. The third-order valence-corrected chi connectivity index (χ3v) is 4.96. The highest BCUT2D eigenvalue weighted by Gasteiger charge is 2.33. The first kappa shape index (κ1) is 27.7. The van der Waals surface area contributed by atoms with E-state index in [1.165, 1.54) is 0 Å². The van der Waals surface area contributed by atoms with Crippen LogP contribution >= 0.6 is 12.6 Å². The van der Waals surface area contributed by atoms with Crippen molar-refractivity contribution in [3.8, 4) is 0 Å². The number of nitrogens with one attached hydrogen (secondary N) is 3. The fourth-order valence-electron chi connectivity index (χ4n) is 2.46. The summed E-state index contributed by atoms with van der Waals surface area (Å²) < 4.78 is 0. The molecule has 30 heavy (non-hydrogen) atoms. The SMILES string of the molecule is CCC(C)C(NC(=O)C(NC(=O)C(CC(=O)O)NC(=O)C(N)CS)C(C)C)C(=O)O. The molecule has 0 bridgehead atoms. The number of hydrogen-bond acceptors (Lipinski definition) is 7. The van der Waals surface area contributed by atoms with Gasteiger partial charge in [0.05, 0.1) is 12.5 Å². The van der Waals surface area contributed by atoms with Gasteiger partial charge in [-0.05, 0) is 11.8 Å². The van der Waals surface area contributed by atoms with Crippen molar-refractivity contribution in [2.24, 2.45) is 17.6 Å². The maximum atomic E-state index is 12.7. The highest BCUT2D eigenvalue weighted by Crippen LogP contribution is 2.10. The molecule has 3 amide bonds. The average Bonchev–Trinajstić information content (AvgIpc) is 2.66. The lowest BCUT2D eigenvalue weighted by Gasteiger charge is -2.28. The summed E-state index contributed by atoms with van der Waals surface area (Å²) in [5, 5.41) is 25.4. The fourth-order valence-corrected chi connectivity index (χ4v) is 2.63.